The van der Waals surface area contributed by atoms with E-state index in [1.54, 1.807) is 0 Å². The second kappa shape index (κ2) is 9.73. The summed E-state index contributed by atoms with van der Waals surface area (Å²) in [6, 6.07) is 2.68. The van der Waals surface area contributed by atoms with E-state index in [0.717, 1.165) is 0 Å². The van der Waals surface area contributed by atoms with Gasteiger partial charge in [-0.3, -0.25) is 0 Å². The van der Waals surface area contributed by atoms with Crippen LogP contribution in [0.25, 0.3) is 0 Å². The summed E-state index contributed by atoms with van der Waals surface area (Å²) in [5, 5.41) is 0. The van der Waals surface area contributed by atoms with E-state index in [-0.39, 0.29) is 0 Å². The minimum atomic E-state index is -1.33. The Hall–Kier alpha value is 0.788. The predicted molar refractivity (Wildman–Crippen MR) is 103 cm³/mol. The fraction of sp³-hybridized carbons (Fsp3) is 1.00. The van der Waals surface area contributed by atoms with Crippen molar-refractivity contribution in [2.75, 3.05) is 0 Å². The van der Waals surface area contributed by atoms with Crippen LogP contribution in [0.3, 0.4) is 0 Å². The van der Waals surface area contributed by atoms with E-state index in [1.165, 1.54) is 37.8 Å². The molecular formula is C14H38O2Si4. The van der Waals surface area contributed by atoms with Crippen LogP contribution in [-0.2, 0) is 8.23 Å². The van der Waals surface area contributed by atoms with Gasteiger partial charge in [0.05, 0.1) is 0 Å². The Morgan fingerprint density at radius 1 is 0.600 bits per heavy atom. The fourth-order valence-corrected chi connectivity index (χ4v) is 16.2. The lowest BCUT2D eigenvalue weighted by molar-refractivity contribution is 0.549. The van der Waals surface area contributed by atoms with Crippen molar-refractivity contribution in [2.45, 2.75) is 90.1 Å². The van der Waals surface area contributed by atoms with Gasteiger partial charge in [0.15, 0.2) is 34.7 Å². The van der Waals surface area contributed by atoms with Gasteiger partial charge >= 0.3 is 0 Å². The second-order valence-corrected chi connectivity index (χ2v) is 21.9. The van der Waals surface area contributed by atoms with Gasteiger partial charge in [0.25, 0.3) is 0 Å². The van der Waals surface area contributed by atoms with Crippen molar-refractivity contribution in [3.8, 4) is 0 Å². The molecule has 0 unspecified atom stereocenters. The lowest BCUT2D eigenvalue weighted by Crippen LogP contribution is -2.35. The third-order valence-corrected chi connectivity index (χ3v) is 15.4. The summed E-state index contributed by atoms with van der Waals surface area (Å²) >= 11 is 0. The van der Waals surface area contributed by atoms with Crippen LogP contribution in [0.5, 0.6) is 0 Å². The summed E-state index contributed by atoms with van der Waals surface area (Å²) in [6.07, 6.45) is 5.48. The molecule has 0 N–H and O–H groups in total. The van der Waals surface area contributed by atoms with E-state index < -0.39 is 34.7 Å². The molecule has 6 heteroatoms. The minimum absolute atomic E-state index is 0.843. The van der Waals surface area contributed by atoms with E-state index in [0.29, 0.717) is 0 Å². The van der Waals surface area contributed by atoms with E-state index >= 15 is 0 Å². The summed E-state index contributed by atoms with van der Waals surface area (Å²) in [5.74, 6) is 0. The zero-order valence-corrected chi connectivity index (χ0v) is 19.5. The molecule has 0 amide bonds. The Bertz CT molecular complexity index is 230. The second-order valence-electron chi connectivity index (χ2n) is 7.77. The Morgan fingerprint density at radius 3 is 1.15 bits per heavy atom. The van der Waals surface area contributed by atoms with Gasteiger partial charge in [0.2, 0.25) is 0 Å². The Labute approximate surface area is 133 Å². The predicted octanol–water partition coefficient (Wildman–Crippen LogP) is 4.96. The molecule has 0 bridgehead atoms. The van der Waals surface area contributed by atoms with Gasteiger partial charge in [-0.25, -0.2) is 0 Å². The monoisotopic (exact) mass is 350 g/mol. The van der Waals surface area contributed by atoms with Crippen molar-refractivity contribution in [2.24, 2.45) is 0 Å². The maximum Gasteiger partial charge on any atom is 0.173 e. The van der Waals surface area contributed by atoms with Crippen LogP contribution >= 0.6 is 0 Å². The van der Waals surface area contributed by atoms with Crippen LogP contribution in [0.1, 0.15) is 25.7 Å². The van der Waals surface area contributed by atoms with Crippen LogP contribution < -0.4 is 0 Å². The third kappa shape index (κ3) is 12.5. The normalized spacial score (nSPS) is 13.5. The molecule has 0 aromatic heterocycles. The molecule has 0 aromatic carbocycles. The van der Waals surface area contributed by atoms with Gasteiger partial charge in [-0.2, -0.15) is 0 Å². The summed E-state index contributed by atoms with van der Waals surface area (Å²) < 4.78 is 12.4. The largest absolute Gasteiger partial charge is 0.458 e. The Balaban J connectivity index is 3.67. The molecular weight excluding hydrogens is 312 g/mol. The number of rotatable bonds is 11. The maximum absolute atomic E-state index is 6.21. The van der Waals surface area contributed by atoms with Gasteiger partial charge in [-0.15, -0.1) is 0 Å². The van der Waals surface area contributed by atoms with Gasteiger partial charge in [-0.1, -0.05) is 25.7 Å². The molecule has 0 saturated heterocycles. The Kier molecular flexibility index (Phi) is 10.1. The fourth-order valence-electron chi connectivity index (χ4n) is 2.85. The number of unbranched alkanes of at least 4 members (excludes halogenated alkanes) is 3. The first-order chi connectivity index (χ1) is 9.04. The summed E-state index contributed by atoms with van der Waals surface area (Å²) in [5.41, 5.74) is 0. The van der Waals surface area contributed by atoms with Crippen LogP contribution in [0, 0.1) is 0 Å². The molecule has 0 aliphatic heterocycles. The van der Waals surface area contributed by atoms with Crippen LogP contribution in [0.2, 0.25) is 64.5 Å². The number of hydrogen-bond donors (Lipinski definition) is 0. The average Bonchev–Trinajstić information content (AvgIpc) is 2.19. The highest BCUT2D eigenvalue weighted by atomic mass is 28.4. The molecule has 0 spiro atoms. The van der Waals surface area contributed by atoms with Crippen molar-refractivity contribution in [3.05, 3.63) is 0 Å². The van der Waals surface area contributed by atoms with Gasteiger partial charge in [0.1, 0.15) is 0 Å². The SMILES string of the molecule is C[SiH](C)O[Si](C)(C)CCCCCC[Si](C)(C)O[SiH](C)C. The number of hydrogen-bond acceptors (Lipinski definition) is 2. The lowest BCUT2D eigenvalue weighted by Gasteiger charge is -2.26. The zero-order valence-electron chi connectivity index (χ0n) is 15.2. The molecule has 20 heavy (non-hydrogen) atoms. The molecule has 0 heterocycles. The minimum Gasteiger partial charge on any atom is -0.458 e. The topological polar surface area (TPSA) is 18.5 Å². The maximum atomic E-state index is 6.21. The summed E-state index contributed by atoms with van der Waals surface area (Å²) in [6.45, 7) is 18.7. The van der Waals surface area contributed by atoms with Gasteiger partial charge < -0.3 is 8.23 Å². The van der Waals surface area contributed by atoms with E-state index in [9.17, 15) is 0 Å². The zero-order chi connectivity index (χ0) is 15.8. The van der Waals surface area contributed by atoms with E-state index in [2.05, 4.69) is 52.4 Å². The molecule has 0 fully saturated rings. The molecule has 0 aliphatic rings. The highest BCUT2D eigenvalue weighted by Gasteiger charge is 2.24. The highest BCUT2D eigenvalue weighted by Crippen LogP contribution is 2.20. The summed E-state index contributed by atoms with van der Waals surface area (Å²) in [4.78, 5) is 0. The summed E-state index contributed by atoms with van der Waals surface area (Å²) in [7, 11) is -4.35. The highest BCUT2D eigenvalue weighted by molar-refractivity contribution is 6.78. The van der Waals surface area contributed by atoms with Crippen LogP contribution in [-0.4, -0.2) is 34.7 Å². The molecule has 0 aliphatic carbocycles. The lowest BCUT2D eigenvalue weighted by atomic mass is 10.2. The standard InChI is InChI=1S/C14H38O2Si4/c1-17(2)15-19(5,6)13-11-9-10-12-14-20(7,8)16-18(3)4/h17-18H,9-14H2,1-8H3. The molecule has 0 atom stereocenters. The molecule has 0 aromatic rings. The van der Waals surface area contributed by atoms with Crippen molar-refractivity contribution in [1.82, 2.24) is 0 Å². The first-order valence-corrected chi connectivity index (χ1v) is 20.2. The van der Waals surface area contributed by atoms with Gasteiger partial charge in [0, 0.05) is 0 Å². The quantitative estimate of drug-likeness (QED) is 0.387. The van der Waals surface area contributed by atoms with Crippen molar-refractivity contribution in [3.63, 3.8) is 0 Å². The van der Waals surface area contributed by atoms with E-state index in [4.69, 9.17) is 8.23 Å². The first-order valence-electron chi connectivity index (χ1n) is 8.40. The van der Waals surface area contributed by atoms with Crippen LogP contribution in [0.15, 0.2) is 0 Å². The average molecular weight is 351 g/mol. The molecule has 0 rings (SSSR count). The van der Waals surface area contributed by atoms with E-state index in [1.807, 2.05) is 0 Å². The third-order valence-electron chi connectivity index (χ3n) is 3.42. The molecule has 0 saturated carbocycles. The molecule has 122 valence electrons. The van der Waals surface area contributed by atoms with Gasteiger partial charge in [-0.05, 0) is 64.5 Å². The van der Waals surface area contributed by atoms with Crippen molar-refractivity contribution >= 4 is 34.7 Å². The Morgan fingerprint density at radius 2 is 0.900 bits per heavy atom. The smallest absolute Gasteiger partial charge is 0.173 e. The van der Waals surface area contributed by atoms with Crippen LogP contribution in [0.4, 0.5) is 0 Å². The molecule has 2 nitrogen and oxygen atoms in total. The van der Waals surface area contributed by atoms with Crippen molar-refractivity contribution in [1.29, 1.82) is 0 Å². The first kappa shape index (κ1) is 20.8. The molecule has 0 radical (unpaired) electrons. The van der Waals surface area contributed by atoms with Crippen molar-refractivity contribution < 1.29 is 8.23 Å².